The highest BCUT2D eigenvalue weighted by molar-refractivity contribution is 7.88. The highest BCUT2D eigenvalue weighted by Gasteiger charge is 2.34. The van der Waals surface area contributed by atoms with Crippen molar-refractivity contribution in [2.45, 2.75) is 26.2 Å². The Morgan fingerprint density at radius 3 is 2.76 bits per heavy atom. The maximum atomic E-state index is 12.0. The van der Waals surface area contributed by atoms with E-state index in [4.69, 9.17) is 4.74 Å². The summed E-state index contributed by atoms with van der Waals surface area (Å²) in [6.45, 7) is 2.27. The van der Waals surface area contributed by atoms with Crippen molar-refractivity contribution in [2.24, 2.45) is 0 Å². The molecule has 2 aliphatic rings. The van der Waals surface area contributed by atoms with Crippen molar-refractivity contribution in [2.75, 3.05) is 24.8 Å². The Balaban J connectivity index is 1.54. The average Bonchev–Trinajstić information content (AvgIpc) is 3.31. The first kappa shape index (κ1) is 18.6. The average molecular weight is 432 g/mol. The lowest BCUT2D eigenvalue weighted by Gasteiger charge is -2.29. The van der Waals surface area contributed by atoms with Crippen LogP contribution in [0, 0.1) is 0 Å². The molecule has 5 rings (SSSR count). The molecule has 0 radical (unpaired) electrons. The maximum Gasteiger partial charge on any atom is 0.211 e. The normalized spacial score (nSPS) is 16.3. The fraction of sp³-hybridized carbons (Fsp3) is 0.368. The predicted molar refractivity (Wildman–Crippen MR) is 111 cm³/mol. The summed E-state index contributed by atoms with van der Waals surface area (Å²) in [6.07, 6.45) is 3.56. The molecule has 4 heterocycles. The Morgan fingerprint density at radius 1 is 1.24 bits per heavy atom. The molecule has 0 aliphatic carbocycles. The van der Waals surface area contributed by atoms with E-state index in [-0.39, 0.29) is 0 Å². The molecule has 0 amide bonds. The molecule has 0 bridgehead atoms. The second-order valence-electron chi connectivity index (χ2n) is 7.30. The van der Waals surface area contributed by atoms with Crippen molar-refractivity contribution in [3.63, 3.8) is 0 Å². The molecule has 0 unspecified atom stereocenters. The molecular weight excluding hydrogens is 410 g/mol. The summed E-state index contributed by atoms with van der Waals surface area (Å²) in [5, 5.41) is 5.54. The summed E-state index contributed by atoms with van der Waals surface area (Å²) < 4.78 is 32.8. The molecule has 3 aromatic rings. The van der Waals surface area contributed by atoms with Crippen molar-refractivity contribution in [1.29, 1.82) is 0 Å². The Hall–Kier alpha value is -2.43. The summed E-state index contributed by atoms with van der Waals surface area (Å²) in [4.78, 5) is 7.88. The fourth-order valence-electron chi connectivity index (χ4n) is 3.96. The maximum absolute atomic E-state index is 12.0. The van der Waals surface area contributed by atoms with E-state index in [9.17, 15) is 8.42 Å². The molecule has 0 saturated carbocycles. The van der Waals surface area contributed by atoms with E-state index in [0.717, 1.165) is 33.6 Å². The second kappa shape index (κ2) is 6.82. The van der Waals surface area contributed by atoms with Crippen LogP contribution in [0.15, 0.2) is 30.6 Å². The first-order valence-electron chi connectivity index (χ1n) is 9.30. The van der Waals surface area contributed by atoms with Crippen molar-refractivity contribution < 1.29 is 13.2 Å². The van der Waals surface area contributed by atoms with Crippen molar-refractivity contribution >= 4 is 26.4 Å². The van der Waals surface area contributed by atoms with Crippen molar-refractivity contribution in [3.05, 3.63) is 46.6 Å². The molecule has 0 fully saturated rings. The van der Waals surface area contributed by atoms with E-state index in [0.29, 0.717) is 26.2 Å². The van der Waals surface area contributed by atoms with Crippen LogP contribution < -0.4 is 9.64 Å². The number of fused-ring (bicyclic) bond motifs is 5. The van der Waals surface area contributed by atoms with Crippen LogP contribution in [0.3, 0.4) is 0 Å². The number of anilines is 1. The van der Waals surface area contributed by atoms with E-state index in [2.05, 4.69) is 27.1 Å². The van der Waals surface area contributed by atoms with E-state index in [1.54, 1.807) is 29.1 Å². The molecule has 0 spiro atoms. The van der Waals surface area contributed by atoms with Gasteiger partial charge in [-0.25, -0.2) is 18.1 Å². The van der Waals surface area contributed by atoms with Crippen LogP contribution >= 0.6 is 11.3 Å². The van der Waals surface area contributed by atoms with Crippen LogP contribution in [0.4, 0.5) is 5.00 Å². The first-order chi connectivity index (χ1) is 13.9. The summed E-state index contributed by atoms with van der Waals surface area (Å²) in [6, 6.07) is 8.05. The molecule has 0 N–H and O–H groups in total. The summed E-state index contributed by atoms with van der Waals surface area (Å²) in [7, 11) is -1.55. The standard InChI is InChI=1S/C19H21N5O3S2/c1-27-14-5-3-13(4-6-14)9-22-12-24-18(20-11-21-24)17-15-7-8-23(29(2,25)26)10-16(15)28-19(17)22/h3-6,11H,7-10,12H2,1-2H3. The van der Waals surface area contributed by atoms with Gasteiger partial charge in [0.1, 0.15) is 23.7 Å². The van der Waals surface area contributed by atoms with E-state index < -0.39 is 10.0 Å². The zero-order valence-corrected chi connectivity index (χ0v) is 17.8. The number of sulfonamides is 1. The van der Waals surface area contributed by atoms with E-state index in [1.807, 2.05) is 16.8 Å². The van der Waals surface area contributed by atoms with Gasteiger partial charge in [-0.2, -0.15) is 9.40 Å². The molecule has 1 aromatic carbocycles. The number of hydrogen-bond acceptors (Lipinski definition) is 7. The van der Waals surface area contributed by atoms with E-state index in [1.165, 1.54) is 17.4 Å². The van der Waals surface area contributed by atoms with Gasteiger partial charge in [-0.3, -0.25) is 0 Å². The Kier molecular flexibility index (Phi) is 4.37. The van der Waals surface area contributed by atoms with Gasteiger partial charge in [0.2, 0.25) is 10.0 Å². The van der Waals surface area contributed by atoms with Crippen LogP contribution in [0.5, 0.6) is 5.75 Å². The van der Waals surface area contributed by atoms with Gasteiger partial charge in [0.05, 0.1) is 18.9 Å². The van der Waals surface area contributed by atoms with Gasteiger partial charge in [-0.1, -0.05) is 12.1 Å². The topological polar surface area (TPSA) is 80.6 Å². The molecule has 0 saturated heterocycles. The highest BCUT2D eigenvalue weighted by atomic mass is 32.2. The van der Waals surface area contributed by atoms with Crippen LogP contribution in [0.2, 0.25) is 0 Å². The molecular formula is C19H21N5O3S2. The Morgan fingerprint density at radius 2 is 2.03 bits per heavy atom. The lowest BCUT2D eigenvalue weighted by atomic mass is 10.0. The monoisotopic (exact) mass is 431 g/mol. The van der Waals surface area contributed by atoms with Gasteiger partial charge in [0.25, 0.3) is 0 Å². The molecule has 29 heavy (non-hydrogen) atoms. The number of methoxy groups -OCH3 is 1. The third-order valence-electron chi connectivity index (χ3n) is 5.44. The highest BCUT2D eigenvalue weighted by Crippen LogP contribution is 2.47. The first-order valence-corrected chi connectivity index (χ1v) is 12.0. The molecule has 2 aromatic heterocycles. The molecule has 0 atom stereocenters. The molecule has 2 aliphatic heterocycles. The minimum atomic E-state index is -3.21. The van der Waals surface area contributed by atoms with Crippen molar-refractivity contribution in [1.82, 2.24) is 19.1 Å². The predicted octanol–water partition coefficient (Wildman–Crippen LogP) is 2.31. The lowest BCUT2D eigenvalue weighted by molar-refractivity contribution is 0.399. The number of hydrogen-bond donors (Lipinski definition) is 0. The van der Waals surface area contributed by atoms with Gasteiger partial charge < -0.3 is 9.64 Å². The third kappa shape index (κ3) is 3.21. The SMILES string of the molecule is COc1ccc(CN2Cn3ncnc3-c3c2sc2c3CCN(S(C)(=O)=O)C2)cc1. The van der Waals surface area contributed by atoms with E-state index >= 15 is 0 Å². The van der Waals surface area contributed by atoms with Crippen LogP contribution in [0.1, 0.15) is 16.0 Å². The number of ether oxygens (including phenoxy) is 1. The van der Waals surface area contributed by atoms with Gasteiger partial charge in [-0.05, 0) is 29.7 Å². The quantitative estimate of drug-likeness (QED) is 0.631. The minimum absolute atomic E-state index is 0.427. The Bertz CT molecular complexity index is 1170. The van der Waals surface area contributed by atoms with Crippen LogP contribution in [-0.2, 0) is 36.2 Å². The zero-order chi connectivity index (χ0) is 20.2. The summed E-state index contributed by atoms with van der Waals surface area (Å²) in [5.41, 5.74) is 3.48. The van der Waals surface area contributed by atoms with Crippen molar-refractivity contribution in [3.8, 4) is 17.1 Å². The molecule has 8 nitrogen and oxygen atoms in total. The second-order valence-corrected chi connectivity index (χ2v) is 10.4. The van der Waals surface area contributed by atoms with Gasteiger partial charge in [-0.15, -0.1) is 11.3 Å². The number of nitrogens with zero attached hydrogens (tertiary/aromatic N) is 5. The number of benzene rings is 1. The smallest absolute Gasteiger partial charge is 0.211 e. The number of thiophene rings is 1. The Labute approximate surface area is 173 Å². The molecule has 152 valence electrons. The number of aromatic nitrogens is 3. The van der Waals surface area contributed by atoms with Gasteiger partial charge in [0, 0.05) is 24.5 Å². The van der Waals surface area contributed by atoms with Gasteiger partial charge in [0.15, 0.2) is 5.82 Å². The summed E-state index contributed by atoms with van der Waals surface area (Å²) >= 11 is 1.67. The largest absolute Gasteiger partial charge is 0.497 e. The molecule has 10 heteroatoms. The number of rotatable bonds is 4. The lowest BCUT2D eigenvalue weighted by Crippen LogP contribution is -2.34. The fourth-order valence-corrected chi connectivity index (χ4v) is 6.18. The minimum Gasteiger partial charge on any atom is -0.497 e. The zero-order valence-electron chi connectivity index (χ0n) is 16.2. The van der Waals surface area contributed by atoms with Gasteiger partial charge >= 0.3 is 0 Å². The summed E-state index contributed by atoms with van der Waals surface area (Å²) in [5.74, 6) is 1.70. The third-order valence-corrected chi connectivity index (χ3v) is 7.96. The van der Waals surface area contributed by atoms with Crippen LogP contribution in [-0.4, -0.2) is 47.4 Å². The van der Waals surface area contributed by atoms with Crippen LogP contribution in [0.25, 0.3) is 11.4 Å².